The van der Waals surface area contributed by atoms with Gasteiger partial charge in [-0.2, -0.15) is 5.10 Å². The average Bonchev–Trinajstić information content (AvgIpc) is 2.94. The van der Waals surface area contributed by atoms with Gasteiger partial charge in [0, 0.05) is 5.56 Å². The number of nitrogens with one attached hydrogen (secondary N) is 1. The first kappa shape index (κ1) is 26.4. The van der Waals surface area contributed by atoms with Gasteiger partial charge < -0.3 is 14.2 Å². The average molecular weight is 511 g/mol. The highest BCUT2D eigenvalue weighted by Gasteiger charge is 2.13. The van der Waals surface area contributed by atoms with Gasteiger partial charge in [0.2, 0.25) is 0 Å². The summed E-state index contributed by atoms with van der Waals surface area (Å²) in [5, 5.41) is 5.87. The lowest BCUT2D eigenvalue weighted by atomic mass is 10.0. The number of nitrogens with zero attached hydrogens (tertiary/aromatic N) is 1. The summed E-state index contributed by atoms with van der Waals surface area (Å²) in [5.41, 5.74) is 4.53. The van der Waals surface area contributed by atoms with Gasteiger partial charge in [-0.3, -0.25) is 4.79 Å². The zero-order valence-corrected chi connectivity index (χ0v) is 21.5. The number of hydrogen-bond acceptors (Lipinski definition) is 6. The molecule has 4 aromatic rings. The molecule has 0 aromatic heterocycles. The fourth-order valence-electron chi connectivity index (χ4n) is 3.66. The molecule has 0 aliphatic rings. The van der Waals surface area contributed by atoms with E-state index in [-0.39, 0.29) is 6.61 Å². The van der Waals surface area contributed by atoms with Crippen LogP contribution in [0.2, 0.25) is 0 Å². The van der Waals surface area contributed by atoms with Crippen LogP contribution in [0, 0.1) is 6.92 Å². The SMILES string of the molecule is CCCCOc1ccc(OCC(=O)N/N=C\c2c(OC(=O)c3ccc(C)cc3)ccc3ccccc23)cc1. The second-order valence-electron chi connectivity index (χ2n) is 8.71. The summed E-state index contributed by atoms with van der Waals surface area (Å²) in [6, 6.07) is 25.5. The van der Waals surface area contributed by atoms with Crippen molar-refractivity contribution in [2.75, 3.05) is 13.2 Å². The monoisotopic (exact) mass is 510 g/mol. The highest BCUT2D eigenvalue weighted by atomic mass is 16.5. The largest absolute Gasteiger partial charge is 0.494 e. The molecule has 4 rings (SSSR count). The molecule has 0 fully saturated rings. The number of aryl methyl sites for hydroxylation is 1. The molecule has 4 aromatic carbocycles. The fraction of sp³-hybridized carbons (Fsp3) is 0.194. The first-order valence-corrected chi connectivity index (χ1v) is 12.5. The Labute approximate surface area is 222 Å². The maximum Gasteiger partial charge on any atom is 0.343 e. The number of hydrazone groups is 1. The summed E-state index contributed by atoms with van der Waals surface area (Å²) in [4.78, 5) is 25.1. The molecule has 0 saturated carbocycles. The van der Waals surface area contributed by atoms with E-state index in [4.69, 9.17) is 14.2 Å². The number of benzene rings is 4. The van der Waals surface area contributed by atoms with Crippen LogP contribution in [0.5, 0.6) is 17.2 Å². The normalized spacial score (nSPS) is 10.9. The first-order chi connectivity index (χ1) is 18.5. The molecular weight excluding hydrogens is 480 g/mol. The van der Waals surface area contributed by atoms with Gasteiger partial charge >= 0.3 is 5.97 Å². The third kappa shape index (κ3) is 7.20. The Morgan fingerprint density at radius 1 is 0.868 bits per heavy atom. The number of hydrogen-bond donors (Lipinski definition) is 1. The predicted octanol–water partition coefficient (Wildman–Crippen LogP) is 6.08. The molecule has 0 radical (unpaired) electrons. The van der Waals surface area contributed by atoms with E-state index in [1.807, 2.05) is 49.4 Å². The Hall–Kier alpha value is -4.65. The van der Waals surface area contributed by atoms with Gasteiger partial charge in [-0.25, -0.2) is 10.2 Å². The molecule has 38 heavy (non-hydrogen) atoms. The lowest BCUT2D eigenvalue weighted by molar-refractivity contribution is -0.123. The Morgan fingerprint density at radius 2 is 1.58 bits per heavy atom. The van der Waals surface area contributed by atoms with Crippen molar-refractivity contribution in [3.8, 4) is 17.2 Å². The zero-order valence-electron chi connectivity index (χ0n) is 21.5. The van der Waals surface area contributed by atoms with Crippen LogP contribution in [0.25, 0.3) is 10.8 Å². The maximum atomic E-state index is 12.7. The van der Waals surface area contributed by atoms with Crippen molar-refractivity contribution in [2.24, 2.45) is 5.10 Å². The van der Waals surface area contributed by atoms with E-state index >= 15 is 0 Å². The van der Waals surface area contributed by atoms with Crippen molar-refractivity contribution in [3.05, 3.63) is 102 Å². The lowest BCUT2D eigenvalue weighted by Gasteiger charge is -2.11. The van der Waals surface area contributed by atoms with Gasteiger partial charge in [-0.05, 0) is 66.6 Å². The summed E-state index contributed by atoms with van der Waals surface area (Å²) in [5.74, 6) is 0.738. The third-order valence-electron chi connectivity index (χ3n) is 5.76. The van der Waals surface area contributed by atoms with Crippen molar-refractivity contribution in [3.63, 3.8) is 0 Å². The Kier molecular flexibility index (Phi) is 9.07. The van der Waals surface area contributed by atoms with E-state index in [2.05, 4.69) is 17.5 Å². The molecule has 1 N–H and O–H groups in total. The second kappa shape index (κ2) is 13.1. The van der Waals surface area contributed by atoms with E-state index in [0.29, 0.717) is 29.2 Å². The molecule has 7 heteroatoms. The number of carbonyl (C=O) groups is 2. The molecule has 0 heterocycles. The Bertz CT molecular complexity index is 1410. The van der Waals surface area contributed by atoms with E-state index in [9.17, 15) is 9.59 Å². The minimum absolute atomic E-state index is 0.210. The van der Waals surface area contributed by atoms with Gasteiger partial charge in [-0.15, -0.1) is 0 Å². The third-order valence-corrected chi connectivity index (χ3v) is 5.76. The molecule has 0 bridgehead atoms. The van der Waals surface area contributed by atoms with E-state index in [1.54, 1.807) is 42.5 Å². The molecule has 1 amide bonds. The number of rotatable bonds is 11. The number of unbranched alkanes of at least 4 members (excludes halogenated alkanes) is 1. The smallest absolute Gasteiger partial charge is 0.343 e. The molecule has 0 spiro atoms. The Balaban J connectivity index is 1.40. The number of esters is 1. The van der Waals surface area contributed by atoms with Crippen LogP contribution < -0.4 is 19.6 Å². The highest BCUT2D eigenvalue weighted by Crippen LogP contribution is 2.27. The quantitative estimate of drug-likeness (QED) is 0.0869. The lowest BCUT2D eigenvalue weighted by Crippen LogP contribution is -2.24. The van der Waals surface area contributed by atoms with E-state index < -0.39 is 11.9 Å². The van der Waals surface area contributed by atoms with Crippen molar-refractivity contribution >= 4 is 28.9 Å². The van der Waals surface area contributed by atoms with Crippen LogP contribution in [0.3, 0.4) is 0 Å². The molecule has 0 atom stereocenters. The van der Waals surface area contributed by atoms with Gasteiger partial charge in [0.15, 0.2) is 6.61 Å². The van der Waals surface area contributed by atoms with Gasteiger partial charge in [0.1, 0.15) is 17.2 Å². The number of amides is 1. The highest BCUT2D eigenvalue weighted by molar-refractivity contribution is 6.04. The maximum absolute atomic E-state index is 12.7. The van der Waals surface area contributed by atoms with E-state index in [1.165, 1.54) is 6.21 Å². The molecule has 0 aliphatic carbocycles. The summed E-state index contributed by atoms with van der Waals surface area (Å²) >= 11 is 0. The molecule has 0 saturated heterocycles. The molecule has 0 aliphatic heterocycles. The molecule has 194 valence electrons. The van der Waals surface area contributed by atoms with Crippen LogP contribution in [0.4, 0.5) is 0 Å². The van der Waals surface area contributed by atoms with Gasteiger partial charge in [0.05, 0.1) is 18.4 Å². The van der Waals surface area contributed by atoms with Crippen LogP contribution in [-0.2, 0) is 4.79 Å². The first-order valence-electron chi connectivity index (χ1n) is 12.5. The minimum atomic E-state index is -0.478. The number of fused-ring (bicyclic) bond motifs is 1. The van der Waals surface area contributed by atoms with Crippen molar-refractivity contribution < 1.29 is 23.8 Å². The van der Waals surface area contributed by atoms with Crippen LogP contribution in [-0.4, -0.2) is 31.3 Å². The Morgan fingerprint density at radius 3 is 2.32 bits per heavy atom. The topological polar surface area (TPSA) is 86.2 Å². The van der Waals surface area contributed by atoms with E-state index in [0.717, 1.165) is 34.9 Å². The zero-order chi connectivity index (χ0) is 26.7. The number of ether oxygens (including phenoxy) is 3. The van der Waals surface area contributed by atoms with Crippen LogP contribution in [0.15, 0.2) is 90.0 Å². The molecule has 7 nitrogen and oxygen atoms in total. The molecular formula is C31H30N2O5. The van der Waals surface area contributed by atoms with Crippen molar-refractivity contribution in [2.45, 2.75) is 26.7 Å². The van der Waals surface area contributed by atoms with Gasteiger partial charge in [0.25, 0.3) is 5.91 Å². The second-order valence-corrected chi connectivity index (χ2v) is 8.71. The predicted molar refractivity (Wildman–Crippen MR) is 148 cm³/mol. The van der Waals surface area contributed by atoms with Crippen LogP contribution >= 0.6 is 0 Å². The fourth-order valence-corrected chi connectivity index (χ4v) is 3.66. The molecule has 0 unspecified atom stereocenters. The van der Waals surface area contributed by atoms with Gasteiger partial charge in [-0.1, -0.05) is 61.4 Å². The minimum Gasteiger partial charge on any atom is -0.494 e. The standard InChI is InChI=1S/C31H30N2O5/c1-3-4-19-36-25-14-16-26(17-15-25)37-21-30(34)33-32-20-28-27-8-6-5-7-23(27)13-18-29(28)38-31(35)24-11-9-22(2)10-12-24/h5-18,20H,3-4,19,21H2,1-2H3,(H,33,34)/b32-20-. The summed E-state index contributed by atoms with van der Waals surface area (Å²) in [7, 11) is 0. The van der Waals surface area contributed by atoms with Crippen LogP contribution in [0.1, 0.15) is 41.3 Å². The summed E-state index contributed by atoms with van der Waals surface area (Å²) < 4.78 is 16.9. The van der Waals surface area contributed by atoms with Crippen molar-refractivity contribution in [1.82, 2.24) is 5.43 Å². The van der Waals surface area contributed by atoms with Crippen molar-refractivity contribution in [1.29, 1.82) is 0 Å². The summed E-state index contributed by atoms with van der Waals surface area (Å²) in [6.45, 7) is 4.52. The summed E-state index contributed by atoms with van der Waals surface area (Å²) in [6.07, 6.45) is 3.54. The number of carbonyl (C=O) groups excluding carboxylic acids is 2.